The van der Waals surface area contributed by atoms with E-state index in [0.29, 0.717) is 23.5 Å². The fourth-order valence-corrected chi connectivity index (χ4v) is 6.09. The van der Waals surface area contributed by atoms with Crippen molar-refractivity contribution in [1.82, 2.24) is 24.8 Å². The Kier molecular flexibility index (Phi) is 10.0. The molecule has 2 amide bonds. The van der Waals surface area contributed by atoms with Crippen LogP contribution in [0, 0.1) is 0 Å². The number of urea groups is 1. The average molecular weight is 567 g/mol. The minimum Gasteiger partial charge on any atom is -0.348 e. The molecule has 40 heavy (non-hydrogen) atoms. The summed E-state index contributed by atoms with van der Waals surface area (Å²) in [5.74, 6) is 2.25. The standard InChI is InChI=1S/C29H38N6O4S/c1-3-5-6-7-11-16-40-17-21-24-25(39-22(38-24)15-14-20-12-9-8-10-13-20)28(37-21)35-19-33-23-26(31-18-32-27(23)35)34-29(36)30-4-2/h8-10,12-15,18-19,21-22,24-25,28H,3-7,11,16-17H2,1-2H3,(H2,30,31,32,34,36)/b15-14+/t21-,22+,24-,25-,28-/m1/s1. The van der Waals surface area contributed by atoms with Crippen LogP contribution in [0.2, 0.25) is 0 Å². The van der Waals surface area contributed by atoms with Crippen molar-refractivity contribution in [3.63, 3.8) is 0 Å². The molecule has 10 nitrogen and oxygen atoms in total. The Balaban J connectivity index is 1.32. The fraction of sp³-hybridized carbons (Fsp3) is 0.517. The lowest BCUT2D eigenvalue weighted by Crippen LogP contribution is -2.30. The van der Waals surface area contributed by atoms with Gasteiger partial charge in [-0.2, -0.15) is 11.8 Å². The van der Waals surface area contributed by atoms with Crippen LogP contribution in [0.1, 0.15) is 57.7 Å². The molecule has 0 bridgehead atoms. The van der Waals surface area contributed by atoms with Crippen LogP contribution in [0.15, 0.2) is 49.1 Å². The zero-order chi connectivity index (χ0) is 27.7. The third kappa shape index (κ3) is 6.83. The second-order valence-corrected chi connectivity index (χ2v) is 11.1. The van der Waals surface area contributed by atoms with Gasteiger partial charge in [-0.3, -0.25) is 9.88 Å². The van der Waals surface area contributed by atoms with Gasteiger partial charge in [-0.25, -0.2) is 19.7 Å². The Morgan fingerprint density at radius 2 is 1.85 bits per heavy atom. The fourth-order valence-electron chi connectivity index (χ4n) is 5.01. The van der Waals surface area contributed by atoms with Crippen molar-refractivity contribution in [2.45, 2.75) is 76.8 Å². The molecule has 2 fully saturated rings. The molecule has 2 saturated heterocycles. The van der Waals surface area contributed by atoms with Gasteiger partial charge < -0.3 is 19.5 Å². The predicted octanol–water partition coefficient (Wildman–Crippen LogP) is 5.39. The number of carbonyl (C=O) groups is 1. The van der Waals surface area contributed by atoms with E-state index in [1.165, 1.54) is 38.4 Å². The number of nitrogens with zero attached hydrogens (tertiary/aromatic N) is 4. The monoisotopic (exact) mass is 566 g/mol. The first-order chi connectivity index (χ1) is 19.7. The van der Waals surface area contributed by atoms with Gasteiger partial charge in [0.2, 0.25) is 0 Å². The number of hydrogen-bond donors (Lipinski definition) is 2. The molecule has 2 N–H and O–H groups in total. The summed E-state index contributed by atoms with van der Waals surface area (Å²) in [5, 5.41) is 5.46. The van der Waals surface area contributed by atoms with Crippen LogP contribution in [0.25, 0.3) is 17.2 Å². The normalized spacial score (nSPS) is 24.1. The highest BCUT2D eigenvalue weighted by Gasteiger charge is 2.53. The molecular weight excluding hydrogens is 528 g/mol. The van der Waals surface area contributed by atoms with E-state index in [4.69, 9.17) is 14.2 Å². The third-order valence-corrected chi connectivity index (χ3v) is 8.13. The third-order valence-electron chi connectivity index (χ3n) is 6.99. The van der Waals surface area contributed by atoms with E-state index >= 15 is 0 Å². The zero-order valence-corrected chi connectivity index (χ0v) is 23.9. The first kappa shape index (κ1) is 28.5. The predicted molar refractivity (Wildman–Crippen MR) is 157 cm³/mol. The van der Waals surface area contributed by atoms with Gasteiger partial charge in [0.05, 0.1) is 12.4 Å². The van der Waals surface area contributed by atoms with E-state index in [0.717, 1.165) is 17.1 Å². The van der Waals surface area contributed by atoms with E-state index in [1.807, 2.05) is 65.7 Å². The molecular formula is C29H38N6O4S. The van der Waals surface area contributed by atoms with Gasteiger partial charge in [-0.15, -0.1) is 0 Å². The smallest absolute Gasteiger partial charge is 0.320 e. The molecule has 11 heteroatoms. The lowest BCUT2D eigenvalue weighted by Gasteiger charge is -2.20. The average Bonchev–Trinajstić information content (AvgIpc) is 3.67. The van der Waals surface area contributed by atoms with E-state index in [-0.39, 0.29) is 24.3 Å². The second kappa shape index (κ2) is 14.1. The maximum atomic E-state index is 12.1. The molecule has 0 aliphatic carbocycles. The minimum atomic E-state index is -0.484. The highest BCUT2D eigenvalue weighted by Crippen LogP contribution is 2.42. The highest BCUT2D eigenvalue weighted by molar-refractivity contribution is 7.99. The number of fused-ring (bicyclic) bond motifs is 2. The van der Waals surface area contributed by atoms with Gasteiger partial charge in [-0.1, -0.05) is 69.0 Å². The van der Waals surface area contributed by atoms with Crippen molar-refractivity contribution < 1.29 is 19.0 Å². The Bertz CT molecular complexity index is 1270. The van der Waals surface area contributed by atoms with Gasteiger partial charge in [0.15, 0.2) is 29.5 Å². The molecule has 0 radical (unpaired) electrons. The molecule has 5 atom stereocenters. The van der Waals surface area contributed by atoms with Crippen molar-refractivity contribution >= 4 is 40.9 Å². The summed E-state index contributed by atoms with van der Waals surface area (Å²) in [6.45, 7) is 4.59. The van der Waals surface area contributed by atoms with E-state index < -0.39 is 12.5 Å². The Morgan fingerprint density at radius 3 is 2.67 bits per heavy atom. The lowest BCUT2D eigenvalue weighted by molar-refractivity contribution is -0.120. The number of unbranched alkanes of at least 4 members (excludes halogenated alkanes) is 4. The summed E-state index contributed by atoms with van der Waals surface area (Å²) in [4.78, 5) is 25.3. The zero-order valence-electron chi connectivity index (χ0n) is 23.1. The molecule has 214 valence electrons. The number of thioether (sulfide) groups is 1. The molecule has 4 heterocycles. The number of nitrogens with one attached hydrogen (secondary N) is 2. The van der Waals surface area contributed by atoms with Gasteiger partial charge in [0.1, 0.15) is 18.5 Å². The largest absolute Gasteiger partial charge is 0.348 e. The van der Waals surface area contributed by atoms with Crippen LogP contribution < -0.4 is 10.6 Å². The van der Waals surface area contributed by atoms with E-state index in [9.17, 15) is 4.79 Å². The number of ether oxygens (including phenoxy) is 3. The van der Waals surface area contributed by atoms with Crippen molar-refractivity contribution in [2.75, 3.05) is 23.4 Å². The topological polar surface area (TPSA) is 112 Å². The Hall–Kier alpha value is -2.99. The summed E-state index contributed by atoms with van der Waals surface area (Å²) in [5.41, 5.74) is 2.12. The minimum absolute atomic E-state index is 0.141. The lowest BCUT2D eigenvalue weighted by atomic mass is 10.1. The van der Waals surface area contributed by atoms with E-state index in [1.54, 1.807) is 6.33 Å². The molecule has 0 unspecified atom stereocenters. The summed E-state index contributed by atoms with van der Waals surface area (Å²) < 4.78 is 21.2. The first-order valence-electron chi connectivity index (χ1n) is 14.2. The van der Waals surface area contributed by atoms with Gasteiger partial charge in [0, 0.05) is 12.3 Å². The summed E-state index contributed by atoms with van der Waals surface area (Å²) in [7, 11) is 0. The maximum absolute atomic E-state index is 12.1. The van der Waals surface area contributed by atoms with Crippen molar-refractivity contribution in [3.05, 3.63) is 54.6 Å². The molecule has 2 aromatic heterocycles. The molecule has 1 aromatic carbocycles. The number of aromatic nitrogens is 4. The number of rotatable bonds is 13. The van der Waals surface area contributed by atoms with Gasteiger partial charge in [-0.05, 0) is 30.7 Å². The molecule has 0 spiro atoms. The quantitative estimate of drug-likeness (QED) is 0.265. The number of imidazole rings is 1. The molecule has 3 aromatic rings. The Morgan fingerprint density at radius 1 is 1.02 bits per heavy atom. The summed E-state index contributed by atoms with van der Waals surface area (Å²) in [6, 6.07) is 9.75. The van der Waals surface area contributed by atoms with Crippen LogP contribution in [0.5, 0.6) is 0 Å². The van der Waals surface area contributed by atoms with Gasteiger partial charge >= 0.3 is 6.03 Å². The maximum Gasteiger partial charge on any atom is 0.320 e. The van der Waals surface area contributed by atoms with Crippen LogP contribution >= 0.6 is 11.8 Å². The van der Waals surface area contributed by atoms with Crippen LogP contribution in [-0.2, 0) is 14.2 Å². The molecule has 2 aliphatic rings. The SMILES string of the molecule is CCCCCCCSC[C@H]1O[C@@H](n2cnc3c(NC(=O)NCC)ncnc32)[C@@H]2O[C@@H](/C=C/c3ccccc3)O[C@@H]21. The number of benzene rings is 1. The van der Waals surface area contributed by atoms with Crippen molar-refractivity contribution in [3.8, 4) is 0 Å². The van der Waals surface area contributed by atoms with Gasteiger partial charge in [0.25, 0.3) is 0 Å². The molecule has 0 saturated carbocycles. The molecule has 2 aliphatic heterocycles. The van der Waals surface area contributed by atoms with Crippen LogP contribution in [0.4, 0.5) is 10.6 Å². The summed E-state index contributed by atoms with van der Waals surface area (Å²) >= 11 is 1.90. The number of hydrogen-bond acceptors (Lipinski definition) is 8. The number of anilines is 1. The van der Waals surface area contributed by atoms with Crippen LogP contribution in [0.3, 0.4) is 0 Å². The first-order valence-corrected chi connectivity index (χ1v) is 15.3. The van der Waals surface area contributed by atoms with Crippen molar-refractivity contribution in [1.29, 1.82) is 0 Å². The number of amides is 2. The number of carbonyl (C=O) groups excluding carboxylic acids is 1. The highest BCUT2D eigenvalue weighted by atomic mass is 32.2. The molecule has 5 rings (SSSR count). The van der Waals surface area contributed by atoms with Crippen molar-refractivity contribution in [2.24, 2.45) is 0 Å². The second-order valence-electron chi connectivity index (χ2n) is 9.92. The van der Waals surface area contributed by atoms with Crippen LogP contribution in [-0.4, -0.2) is 68.2 Å². The Labute approximate surface area is 239 Å². The summed E-state index contributed by atoms with van der Waals surface area (Å²) in [6.07, 6.45) is 11.7. The van der Waals surface area contributed by atoms with E-state index in [2.05, 4.69) is 32.5 Å².